The molecule has 2 atom stereocenters. The molecular weight excluding hydrogens is 258 g/mol. The number of rotatable bonds is 3. The number of H-pyrrole nitrogens is 1. The van der Waals surface area contributed by atoms with Crippen LogP contribution in [0.25, 0.3) is 0 Å². The zero-order valence-electron chi connectivity index (χ0n) is 13.7. The molecule has 3 N–H and O–H groups in total. The van der Waals surface area contributed by atoms with Crippen LogP contribution in [0.5, 0.6) is 0 Å². The summed E-state index contributed by atoms with van der Waals surface area (Å²) in [4.78, 5) is 6.88. The van der Waals surface area contributed by atoms with E-state index in [4.69, 9.17) is 0 Å². The number of aromatic amines is 1. The quantitative estimate of drug-likeness (QED) is 0.757. The molecule has 0 aliphatic carbocycles. The van der Waals surface area contributed by atoms with Gasteiger partial charge < -0.3 is 9.80 Å². The Morgan fingerprint density at radius 2 is 1.86 bits per heavy atom. The molecule has 0 amide bonds. The van der Waals surface area contributed by atoms with E-state index in [1.807, 2.05) is 11.1 Å². The predicted octanol–water partition coefficient (Wildman–Crippen LogP) is -0.391. The zero-order chi connectivity index (χ0) is 14.7. The Bertz CT molecular complexity index is 415. The molecule has 2 aliphatic rings. The van der Waals surface area contributed by atoms with Gasteiger partial charge in [-0.3, -0.25) is 0 Å². The Labute approximate surface area is 129 Å². The highest BCUT2D eigenvalue weighted by Gasteiger charge is 2.34. The molecule has 0 bridgehead atoms. The third kappa shape index (κ3) is 4.04. The average molecular weight is 290 g/mol. The minimum absolute atomic E-state index is 0.925. The predicted molar refractivity (Wildman–Crippen MR) is 84.1 cm³/mol. The van der Waals surface area contributed by atoms with Crippen LogP contribution in [0.4, 0.5) is 0 Å². The van der Waals surface area contributed by atoms with Gasteiger partial charge in [-0.15, -0.1) is 0 Å². The van der Waals surface area contributed by atoms with Crippen LogP contribution in [0.15, 0.2) is 24.5 Å². The highest BCUT2D eigenvalue weighted by Crippen LogP contribution is 2.13. The normalized spacial score (nSPS) is 37.3. The topological polar surface area (TPSA) is 23.0 Å². The van der Waals surface area contributed by atoms with Crippen LogP contribution >= 0.6 is 0 Å². The van der Waals surface area contributed by atoms with Crippen LogP contribution in [0.1, 0.15) is 38.7 Å². The van der Waals surface area contributed by atoms with Crippen molar-refractivity contribution in [2.75, 3.05) is 26.2 Å². The van der Waals surface area contributed by atoms with E-state index in [-0.39, 0.29) is 0 Å². The molecule has 3 rings (SSSR count). The van der Waals surface area contributed by atoms with E-state index in [0.717, 1.165) is 17.9 Å². The van der Waals surface area contributed by atoms with E-state index in [9.17, 15) is 0 Å². The molecule has 2 unspecified atom stereocenters. The van der Waals surface area contributed by atoms with E-state index in [1.165, 1.54) is 57.5 Å². The summed E-state index contributed by atoms with van der Waals surface area (Å²) in [5.74, 6) is 1.85. The van der Waals surface area contributed by atoms with Crippen molar-refractivity contribution in [1.29, 1.82) is 0 Å². The minimum atomic E-state index is 0.925. The average Bonchev–Trinajstić information content (AvgIpc) is 2.48. The number of nitrogens with one attached hydrogen (secondary N) is 3. The molecule has 2 aliphatic heterocycles. The molecular formula is C18H32N3+3. The first-order chi connectivity index (χ1) is 10.2. The lowest BCUT2D eigenvalue weighted by molar-refractivity contribution is -0.969. The fraction of sp³-hybridized carbons (Fsp3) is 0.722. The van der Waals surface area contributed by atoms with E-state index >= 15 is 0 Å². The molecule has 2 saturated heterocycles. The van der Waals surface area contributed by atoms with Crippen LogP contribution in [0.3, 0.4) is 0 Å². The van der Waals surface area contributed by atoms with Gasteiger partial charge in [-0.25, -0.2) is 4.98 Å². The van der Waals surface area contributed by atoms with Crippen molar-refractivity contribution in [1.82, 2.24) is 0 Å². The number of piperidine rings is 2. The van der Waals surface area contributed by atoms with Gasteiger partial charge in [-0.2, -0.15) is 0 Å². The number of hydrogen-bond donors (Lipinski definition) is 2. The van der Waals surface area contributed by atoms with Crippen molar-refractivity contribution < 1.29 is 14.8 Å². The summed E-state index contributed by atoms with van der Waals surface area (Å²) < 4.78 is 0. The standard InChI is InChI=1S/C18H29N3/c1-15-10-16(2)13-21(12-15)18-5-8-20(9-6-18)14-17-4-3-7-19-11-17/h3-4,7,11,15-16,18H,5-6,8-10,12-14H2,1-2H3/p+3. The first-order valence-corrected chi connectivity index (χ1v) is 8.84. The molecule has 3 nitrogen and oxygen atoms in total. The lowest BCUT2D eigenvalue weighted by Crippen LogP contribution is -3.21. The van der Waals surface area contributed by atoms with Gasteiger partial charge in [-0.05, 0) is 12.5 Å². The number of aromatic nitrogens is 1. The Hall–Kier alpha value is -0.930. The van der Waals surface area contributed by atoms with Crippen molar-refractivity contribution >= 4 is 0 Å². The molecule has 21 heavy (non-hydrogen) atoms. The van der Waals surface area contributed by atoms with Gasteiger partial charge in [0.1, 0.15) is 6.54 Å². The third-order valence-electron chi connectivity index (χ3n) is 5.52. The molecule has 116 valence electrons. The van der Waals surface area contributed by atoms with Crippen molar-refractivity contribution in [3.63, 3.8) is 0 Å². The molecule has 0 radical (unpaired) electrons. The molecule has 0 aromatic carbocycles. The highest BCUT2D eigenvalue weighted by molar-refractivity contribution is 5.02. The number of hydrogen-bond acceptors (Lipinski definition) is 0. The van der Waals surface area contributed by atoms with E-state index in [1.54, 1.807) is 4.90 Å². The van der Waals surface area contributed by atoms with Crippen LogP contribution in [-0.4, -0.2) is 32.2 Å². The van der Waals surface area contributed by atoms with Crippen molar-refractivity contribution in [3.05, 3.63) is 30.1 Å². The second kappa shape index (κ2) is 6.89. The van der Waals surface area contributed by atoms with E-state index in [2.05, 4.69) is 37.2 Å². The van der Waals surface area contributed by atoms with Crippen LogP contribution < -0.4 is 14.8 Å². The first kappa shape index (κ1) is 15.0. The maximum Gasteiger partial charge on any atom is 0.175 e. The maximum atomic E-state index is 3.20. The Balaban J connectivity index is 1.48. The summed E-state index contributed by atoms with van der Waals surface area (Å²) >= 11 is 0. The Morgan fingerprint density at radius 3 is 2.48 bits per heavy atom. The van der Waals surface area contributed by atoms with E-state index in [0.29, 0.717) is 0 Å². The van der Waals surface area contributed by atoms with Crippen molar-refractivity contribution in [2.24, 2.45) is 11.8 Å². The second-order valence-corrected chi connectivity index (χ2v) is 7.63. The van der Waals surface area contributed by atoms with E-state index < -0.39 is 0 Å². The fourth-order valence-corrected chi connectivity index (χ4v) is 4.61. The minimum Gasteiger partial charge on any atom is -0.332 e. The van der Waals surface area contributed by atoms with Gasteiger partial charge in [0.2, 0.25) is 0 Å². The molecule has 3 heterocycles. The zero-order valence-corrected chi connectivity index (χ0v) is 13.7. The van der Waals surface area contributed by atoms with Crippen molar-refractivity contribution in [2.45, 2.75) is 45.7 Å². The monoisotopic (exact) mass is 290 g/mol. The van der Waals surface area contributed by atoms with Gasteiger partial charge in [0.05, 0.1) is 37.8 Å². The Kier molecular flexibility index (Phi) is 4.91. The van der Waals surface area contributed by atoms with Gasteiger partial charge in [0.15, 0.2) is 12.4 Å². The second-order valence-electron chi connectivity index (χ2n) is 7.63. The summed E-state index contributed by atoms with van der Waals surface area (Å²) in [6, 6.07) is 5.29. The fourth-order valence-electron chi connectivity index (χ4n) is 4.61. The summed E-state index contributed by atoms with van der Waals surface area (Å²) in [6.07, 6.45) is 8.42. The maximum absolute atomic E-state index is 3.20. The summed E-state index contributed by atoms with van der Waals surface area (Å²) in [5.41, 5.74) is 1.44. The SMILES string of the molecule is CC1CC(C)C[NH+](C2CC[NH+](Cc3ccc[nH+]c3)CC2)C1. The van der Waals surface area contributed by atoms with Gasteiger partial charge >= 0.3 is 0 Å². The summed E-state index contributed by atoms with van der Waals surface area (Å²) in [7, 11) is 0. The summed E-state index contributed by atoms with van der Waals surface area (Å²) in [5, 5.41) is 0. The van der Waals surface area contributed by atoms with Crippen LogP contribution in [-0.2, 0) is 6.54 Å². The Morgan fingerprint density at radius 1 is 1.14 bits per heavy atom. The van der Waals surface area contributed by atoms with Gasteiger partial charge in [-0.1, -0.05) is 13.8 Å². The molecule has 0 spiro atoms. The largest absolute Gasteiger partial charge is 0.332 e. The highest BCUT2D eigenvalue weighted by atomic mass is 15.2. The van der Waals surface area contributed by atoms with Crippen LogP contribution in [0.2, 0.25) is 0 Å². The first-order valence-electron chi connectivity index (χ1n) is 8.84. The van der Waals surface area contributed by atoms with Gasteiger partial charge in [0.25, 0.3) is 0 Å². The molecule has 1 aromatic rings. The lowest BCUT2D eigenvalue weighted by Gasteiger charge is -2.39. The smallest absolute Gasteiger partial charge is 0.175 e. The van der Waals surface area contributed by atoms with Crippen LogP contribution in [0, 0.1) is 11.8 Å². The van der Waals surface area contributed by atoms with Gasteiger partial charge in [0, 0.05) is 30.7 Å². The number of quaternary nitrogens is 2. The molecule has 2 fully saturated rings. The lowest BCUT2D eigenvalue weighted by atomic mass is 9.89. The summed E-state index contributed by atoms with van der Waals surface area (Å²) in [6.45, 7) is 11.6. The third-order valence-corrected chi connectivity index (χ3v) is 5.52. The molecule has 1 aromatic heterocycles. The number of likely N-dealkylation sites (tertiary alicyclic amines) is 2. The molecule has 0 saturated carbocycles. The molecule has 3 heteroatoms. The number of pyridine rings is 1. The van der Waals surface area contributed by atoms with Crippen molar-refractivity contribution in [3.8, 4) is 0 Å².